The lowest BCUT2D eigenvalue weighted by atomic mass is 10.8. The fourth-order valence-corrected chi connectivity index (χ4v) is 0. The molecule has 0 aliphatic heterocycles. The van der Waals surface area contributed by atoms with Crippen molar-refractivity contribution >= 4 is 11.9 Å². The molecule has 96 valence electrons. The molecule has 0 aliphatic rings. The van der Waals surface area contributed by atoms with E-state index in [0.29, 0.717) is 0 Å². The molecule has 0 heterocycles. The van der Waals surface area contributed by atoms with Gasteiger partial charge in [-0.25, -0.2) is 0 Å². The van der Waals surface area contributed by atoms with Crippen LogP contribution < -0.4 is 0 Å². The van der Waals surface area contributed by atoms with Gasteiger partial charge < -0.3 is 14.9 Å². The Morgan fingerprint density at radius 2 is 1.00 bits per heavy atom. The van der Waals surface area contributed by atoms with Crippen molar-refractivity contribution in [2.45, 2.75) is 41.5 Å². The summed E-state index contributed by atoms with van der Waals surface area (Å²) in [5.74, 6) is -1.08. The monoisotopic (exact) mass is 226 g/mol. The molecule has 0 unspecified atom stereocenters. The Morgan fingerprint density at radius 1 is 0.933 bits per heavy atom. The summed E-state index contributed by atoms with van der Waals surface area (Å²) >= 11 is 0. The summed E-state index contributed by atoms with van der Waals surface area (Å²) in [6, 6.07) is 0. The number of carbonyl (C=O) groups is 2. The Hall–Kier alpha value is -1.10. The summed E-state index contributed by atoms with van der Waals surface area (Å²) in [6.45, 7) is 10.4. The van der Waals surface area contributed by atoms with Crippen LogP contribution in [0.1, 0.15) is 41.5 Å². The van der Waals surface area contributed by atoms with E-state index in [-0.39, 0.29) is 5.97 Å². The average molecular weight is 226 g/mol. The number of rotatable bonds is 0. The molecule has 0 aromatic heterocycles. The van der Waals surface area contributed by atoms with Gasteiger partial charge in [-0.05, 0) is 0 Å². The zero-order valence-electron chi connectivity index (χ0n) is 11.1. The minimum atomic E-state index is -0.833. The SMILES string of the molecule is CC.CC.CC(=O)O.CO.COC(C)=O. The van der Waals surface area contributed by atoms with Crippen LogP contribution in [-0.2, 0) is 14.3 Å². The highest BCUT2D eigenvalue weighted by atomic mass is 16.5. The van der Waals surface area contributed by atoms with E-state index >= 15 is 0 Å². The maximum absolute atomic E-state index is 9.59. The van der Waals surface area contributed by atoms with Crippen LogP contribution in [0.5, 0.6) is 0 Å². The number of methoxy groups -OCH3 is 1. The molecule has 0 aliphatic carbocycles. The normalized spacial score (nSPS) is 5.13. The molecule has 0 aromatic carbocycles. The fraction of sp³-hybridized carbons (Fsp3) is 0.800. The Labute approximate surface area is 93.1 Å². The number of ether oxygens (including phenoxy) is 1. The Morgan fingerprint density at radius 3 is 1.00 bits per heavy atom. The van der Waals surface area contributed by atoms with Gasteiger partial charge in [-0.15, -0.1) is 0 Å². The predicted octanol–water partition coefficient (Wildman–Crippen LogP) is 1.93. The van der Waals surface area contributed by atoms with E-state index in [0.717, 1.165) is 14.0 Å². The third-order valence-corrected chi connectivity index (χ3v) is 0.287. The van der Waals surface area contributed by atoms with Gasteiger partial charge in [0.25, 0.3) is 5.97 Å². The maximum atomic E-state index is 9.59. The Kier molecular flexibility index (Phi) is 102. The van der Waals surface area contributed by atoms with Gasteiger partial charge in [-0.1, -0.05) is 27.7 Å². The second-order valence-corrected chi connectivity index (χ2v) is 1.21. The van der Waals surface area contributed by atoms with Crippen LogP contribution >= 0.6 is 0 Å². The number of carboxylic acids is 1. The van der Waals surface area contributed by atoms with Gasteiger partial charge in [-0.3, -0.25) is 9.59 Å². The lowest BCUT2D eigenvalue weighted by Crippen LogP contribution is -1.88. The van der Waals surface area contributed by atoms with Gasteiger partial charge in [0.1, 0.15) is 0 Å². The van der Waals surface area contributed by atoms with Crippen molar-refractivity contribution in [1.29, 1.82) is 0 Å². The van der Waals surface area contributed by atoms with Gasteiger partial charge in [0, 0.05) is 21.0 Å². The molecule has 0 saturated heterocycles. The van der Waals surface area contributed by atoms with Crippen molar-refractivity contribution in [1.82, 2.24) is 0 Å². The molecule has 0 saturated carbocycles. The average Bonchev–Trinajstić information content (AvgIpc) is 2.26. The number of esters is 1. The van der Waals surface area contributed by atoms with E-state index in [4.69, 9.17) is 15.0 Å². The Bertz CT molecular complexity index is 98.0. The third kappa shape index (κ3) is 1890. The first-order chi connectivity index (χ1) is 7.00. The van der Waals surface area contributed by atoms with Crippen LogP contribution in [0, 0.1) is 0 Å². The highest BCUT2D eigenvalue weighted by Crippen LogP contribution is 1.60. The van der Waals surface area contributed by atoms with Crippen molar-refractivity contribution in [2.24, 2.45) is 0 Å². The van der Waals surface area contributed by atoms with E-state index in [2.05, 4.69) is 4.74 Å². The van der Waals surface area contributed by atoms with Crippen LogP contribution in [0.3, 0.4) is 0 Å². The summed E-state index contributed by atoms with van der Waals surface area (Å²) in [4.78, 5) is 18.6. The second-order valence-electron chi connectivity index (χ2n) is 1.21. The topological polar surface area (TPSA) is 83.8 Å². The van der Waals surface area contributed by atoms with E-state index in [9.17, 15) is 4.79 Å². The molecule has 0 aromatic rings. The number of hydrogen-bond acceptors (Lipinski definition) is 4. The van der Waals surface area contributed by atoms with E-state index in [1.54, 1.807) is 0 Å². The minimum Gasteiger partial charge on any atom is -0.481 e. The number of aliphatic hydroxyl groups is 1. The van der Waals surface area contributed by atoms with Gasteiger partial charge >= 0.3 is 5.97 Å². The lowest BCUT2D eigenvalue weighted by molar-refractivity contribution is -0.138. The summed E-state index contributed by atoms with van der Waals surface area (Å²) in [5.41, 5.74) is 0. The minimum absolute atomic E-state index is 0.245. The van der Waals surface area contributed by atoms with Crippen LogP contribution in [-0.4, -0.2) is 36.4 Å². The van der Waals surface area contributed by atoms with Crippen LogP contribution in [0.25, 0.3) is 0 Å². The third-order valence-electron chi connectivity index (χ3n) is 0.287. The second kappa shape index (κ2) is 52.5. The molecule has 0 spiro atoms. The first kappa shape index (κ1) is 29.2. The van der Waals surface area contributed by atoms with Crippen LogP contribution in [0.4, 0.5) is 0 Å². The van der Waals surface area contributed by atoms with Gasteiger partial charge in [0.15, 0.2) is 0 Å². The van der Waals surface area contributed by atoms with E-state index in [1.807, 2.05) is 27.7 Å². The molecule has 15 heavy (non-hydrogen) atoms. The summed E-state index contributed by atoms with van der Waals surface area (Å²) < 4.78 is 4.11. The van der Waals surface area contributed by atoms with E-state index < -0.39 is 5.97 Å². The smallest absolute Gasteiger partial charge is 0.302 e. The molecular formula is C10H26O5. The zero-order chi connectivity index (χ0) is 13.9. The number of hydrogen-bond donors (Lipinski definition) is 2. The van der Waals surface area contributed by atoms with E-state index in [1.165, 1.54) is 14.0 Å². The molecule has 0 radical (unpaired) electrons. The molecular weight excluding hydrogens is 200 g/mol. The molecule has 5 heteroatoms. The van der Waals surface area contributed by atoms with Crippen molar-refractivity contribution in [3.05, 3.63) is 0 Å². The lowest BCUT2D eigenvalue weighted by Gasteiger charge is -1.80. The Balaban J connectivity index is -0.0000000301. The fourth-order valence-electron chi connectivity index (χ4n) is 0. The van der Waals surface area contributed by atoms with Crippen molar-refractivity contribution in [2.75, 3.05) is 14.2 Å². The summed E-state index contributed by atoms with van der Waals surface area (Å²) in [5, 5.41) is 14.4. The van der Waals surface area contributed by atoms with Crippen LogP contribution in [0.2, 0.25) is 0 Å². The van der Waals surface area contributed by atoms with Crippen LogP contribution in [0.15, 0.2) is 0 Å². The first-order valence-electron chi connectivity index (χ1n) is 4.69. The molecule has 0 rings (SSSR count). The standard InChI is InChI=1S/C3H6O2.C2H4O2.2C2H6.CH4O/c1-3(4)5-2;1-2(3)4;3*1-2/h1-2H3;1H3,(H,3,4);2*1-2H3;2H,1H3. The molecule has 0 fully saturated rings. The number of aliphatic carboxylic acids is 1. The van der Waals surface area contributed by atoms with Crippen molar-refractivity contribution in [3.63, 3.8) is 0 Å². The molecule has 0 bridgehead atoms. The van der Waals surface area contributed by atoms with Crippen molar-refractivity contribution < 1.29 is 24.5 Å². The highest BCUT2D eigenvalue weighted by molar-refractivity contribution is 5.65. The van der Waals surface area contributed by atoms with Gasteiger partial charge in [-0.2, -0.15) is 0 Å². The van der Waals surface area contributed by atoms with Crippen molar-refractivity contribution in [3.8, 4) is 0 Å². The number of aliphatic hydroxyl groups excluding tert-OH is 1. The maximum Gasteiger partial charge on any atom is 0.302 e. The quantitative estimate of drug-likeness (QED) is 0.616. The van der Waals surface area contributed by atoms with Gasteiger partial charge in [0.05, 0.1) is 7.11 Å². The summed E-state index contributed by atoms with van der Waals surface area (Å²) in [6.07, 6.45) is 0. The molecule has 0 amide bonds. The molecule has 5 nitrogen and oxygen atoms in total. The first-order valence-corrected chi connectivity index (χ1v) is 4.69. The number of carboxylic acid groups (broad SMARTS) is 1. The largest absolute Gasteiger partial charge is 0.481 e. The van der Waals surface area contributed by atoms with Gasteiger partial charge in [0.2, 0.25) is 0 Å². The molecule has 0 atom stereocenters. The molecule has 2 N–H and O–H groups in total. The summed E-state index contributed by atoms with van der Waals surface area (Å²) in [7, 11) is 2.35. The number of carbonyl (C=O) groups excluding carboxylic acids is 1. The predicted molar refractivity (Wildman–Crippen MR) is 61.8 cm³/mol. The highest BCUT2D eigenvalue weighted by Gasteiger charge is 1.75. The zero-order valence-corrected chi connectivity index (χ0v) is 11.1.